The monoisotopic (exact) mass is 312 g/mol. The molecule has 1 amide bonds. The Hall–Kier alpha value is -1.78. The van der Waals surface area contributed by atoms with Crippen molar-refractivity contribution in [1.29, 1.82) is 0 Å². The van der Waals surface area contributed by atoms with E-state index in [2.05, 4.69) is 29.2 Å². The van der Waals surface area contributed by atoms with Gasteiger partial charge in [-0.25, -0.2) is 0 Å². The van der Waals surface area contributed by atoms with Crippen LogP contribution in [0.1, 0.15) is 22.4 Å². The molecular formula is C18H20N2OS. The van der Waals surface area contributed by atoms with Gasteiger partial charge in [-0.1, -0.05) is 60.7 Å². The molecule has 0 saturated carbocycles. The van der Waals surface area contributed by atoms with Crippen LogP contribution in [0.2, 0.25) is 0 Å². The van der Waals surface area contributed by atoms with Crippen LogP contribution in [0.5, 0.6) is 0 Å². The largest absolute Gasteiger partial charge is 0.368 e. The summed E-state index contributed by atoms with van der Waals surface area (Å²) in [5.41, 5.74) is 7.99. The Balaban J connectivity index is 1.82. The SMILES string of the molecule is NC(=O)C(c1ccccc1)N1CCSC(c2ccccc2)C1. The third-order valence-electron chi connectivity index (χ3n) is 4.02. The molecule has 0 aromatic heterocycles. The Morgan fingerprint density at radius 3 is 2.36 bits per heavy atom. The summed E-state index contributed by atoms with van der Waals surface area (Å²) in [5, 5.41) is 0.389. The molecule has 2 aromatic carbocycles. The maximum atomic E-state index is 12.0. The van der Waals surface area contributed by atoms with Gasteiger partial charge in [-0.3, -0.25) is 9.69 Å². The van der Waals surface area contributed by atoms with Gasteiger partial charge in [0.25, 0.3) is 0 Å². The van der Waals surface area contributed by atoms with Crippen LogP contribution >= 0.6 is 11.8 Å². The van der Waals surface area contributed by atoms with Gasteiger partial charge in [0, 0.05) is 24.1 Å². The normalized spacial score (nSPS) is 20.5. The van der Waals surface area contributed by atoms with Crippen LogP contribution in [0, 0.1) is 0 Å². The van der Waals surface area contributed by atoms with Crippen LogP contribution in [0.15, 0.2) is 60.7 Å². The van der Waals surface area contributed by atoms with Crippen LogP contribution in [0.3, 0.4) is 0 Å². The van der Waals surface area contributed by atoms with Crippen molar-refractivity contribution in [1.82, 2.24) is 4.90 Å². The van der Waals surface area contributed by atoms with Gasteiger partial charge in [-0.05, 0) is 11.1 Å². The van der Waals surface area contributed by atoms with Crippen molar-refractivity contribution in [3.05, 3.63) is 71.8 Å². The van der Waals surface area contributed by atoms with E-state index in [0.717, 1.165) is 24.4 Å². The fourth-order valence-electron chi connectivity index (χ4n) is 2.96. The molecule has 0 aliphatic carbocycles. The van der Waals surface area contributed by atoms with Crippen molar-refractivity contribution in [2.45, 2.75) is 11.3 Å². The van der Waals surface area contributed by atoms with Gasteiger partial charge >= 0.3 is 0 Å². The molecule has 2 atom stereocenters. The number of thioether (sulfide) groups is 1. The number of nitrogens with zero attached hydrogens (tertiary/aromatic N) is 1. The Kier molecular flexibility index (Phi) is 4.80. The Labute approximate surface area is 135 Å². The highest BCUT2D eigenvalue weighted by Gasteiger charge is 2.31. The van der Waals surface area contributed by atoms with E-state index in [-0.39, 0.29) is 11.9 Å². The average Bonchev–Trinajstić information content (AvgIpc) is 2.57. The fraction of sp³-hybridized carbons (Fsp3) is 0.278. The summed E-state index contributed by atoms with van der Waals surface area (Å²) >= 11 is 1.95. The molecule has 3 rings (SSSR count). The highest BCUT2D eigenvalue weighted by atomic mass is 32.2. The molecule has 114 valence electrons. The zero-order valence-corrected chi connectivity index (χ0v) is 13.2. The molecule has 0 spiro atoms. The molecule has 2 aromatic rings. The summed E-state index contributed by atoms with van der Waals surface area (Å²) in [7, 11) is 0. The van der Waals surface area contributed by atoms with E-state index in [1.807, 2.05) is 48.2 Å². The fourth-order valence-corrected chi connectivity index (χ4v) is 4.23. The lowest BCUT2D eigenvalue weighted by Gasteiger charge is -2.37. The number of hydrogen-bond donors (Lipinski definition) is 1. The second kappa shape index (κ2) is 6.99. The van der Waals surface area contributed by atoms with E-state index in [1.54, 1.807) is 0 Å². The summed E-state index contributed by atoms with van der Waals surface area (Å²) < 4.78 is 0. The van der Waals surface area contributed by atoms with Gasteiger partial charge in [0.05, 0.1) is 0 Å². The van der Waals surface area contributed by atoms with Crippen molar-refractivity contribution in [3.8, 4) is 0 Å². The van der Waals surface area contributed by atoms with Gasteiger partial charge < -0.3 is 5.73 Å². The lowest BCUT2D eigenvalue weighted by atomic mass is 10.0. The Morgan fingerprint density at radius 1 is 1.09 bits per heavy atom. The van der Waals surface area contributed by atoms with Gasteiger partial charge in [0.2, 0.25) is 5.91 Å². The average molecular weight is 312 g/mol. The molecule has 0 bridgehead atoms. The minimum atomic E-state index is -0.340. The first kappa shape index (κ1) is 15.1. The number of hydrogen-bond acceptors (Lipinski definition) is 3. The summed E-state index contributed by atoms with van der Waals surface area (Å²) in [5.74, 6) is 0.737. The van der Waals surface area contributed by atoms with Crippen LogP contribution in [-0.2, 0) is 4.79 Å². The molecule has 22 heavy (non-hydrogen) atoms. The first-order valence-corrected chi connectivity index (χ1v) is 8.55. The van der Waals surface area contributed by atoms with Crippen molar-refractivity contribution >= 4 is 17.7 Å². The molecular weight excluding hydrogens is 292 g/mol. The van der Waals surface area contributed by atoms with Crippen LogP contribution in [0.4, 0.5) is 0 Å². The topological polar surface area (TPSA) is 46.3 Å². The summed E-state index contributed by atoms with van der Waals surface area (Å²) in [6.07, 6.45) is 0. The first-order chi connectivity index (χ1) is 10.8. The number of rotatable bonds is 4. The molecule has 1 saturated heterocycles. The van der Waals surface area contributed by atoms with Crippen LogP contribution < -0.4 is 5.73 Å². The summed E-state index contributed by atoms with van der Waals surface area (Å²) in [6, 6.07) is 20.0. The Bertz CT molecular complexity index is 617. The molecule has 3 nitrogen and oxygen atoms in total. The molecule has 4 heteroatoms. The second-order valence-electron chi connectivity index (χ2n) is 5.48. The van der Waals surface area contributed by atoms with Crippen LogP contribution in [0.25, 0.3) is 0 Å². The molecule has 1 fully saturated rings. The smallest absolute Gasteiger partial charge is 0.239 e. The molecule has 1 aliphatic heterocycles. The highest BCUT2D eigenvalue weighted by molar-refractivity contribution is 7.99. The standard InChI is InChI=1S/C18H20N2OS/c19-18(21)17(15-9-5-2-6-10-15)20-11-12-22-16(13-20)14-7-3-1-4-8-14/h1-10,16-17H,11-13H2,(H2,19,21). The predicted octanol–water partition coefficient (Wildman–Crippen LogP) is 3.00. The van der Waals surface area contributed by atoms with E-state index < -0.39 is 0 Å². The third kappa shape index (κ3) is 3.34. The lowest BCUT2D eigenvalue weighted by Crippen LogP contribution is -2.43. The number of carbonyl (C=O) groups excluding carboxylic acids is 1. The number of benzene rings is 2. The second-order valence-corrected chi connectivity index (χ2v) is 6.79. The maximum absolute atomic E-state index is 12.0. The van der Waals surface area contributed by atoms with Gasteiger partial charge in [-0.15, -0.1) is 0 Å². The minimum Gasteiger partial charge on any atom is -0.368 e. The van der Waals surface area contributed by atoms with Crippen LogP contribution in [-0.4, -0.2) is 29.6 Å². The van der Waals surface area contributed by atoms with E-state index in [1.165, 1.54) is 5.56 Å². The first-order valence-electron chi connectivity index (χ1n) is 7.50. The summed E-state index contributed by atoms with van der Waals surface area (Å²) in [4.78, 5) is 14.2. The number of amides is 1. The van der Waals surface area contributed by atoms with Gasteiger partial charge in [0.15, 0.2) is 0 Å². The van der Waals surface area contributed by atoms with E-state index in [9.17, 15) is 4.79 Å². The minimum absolute atomic E-state index is 0.273. The summed E-state index contributed by atoms with van der Waals surface area (Å²) in [6.45, 7) is 1.73. The molecule has 1 aliphatic rings. The number of carbonyl (C=O) groups is 1. The van der Waals surface area contributed by atoms with Gasteiger partial charge in [0.1, 0.15) is 6.04 Å². The van der Waals surface area contributed by atoms with Crippen molar-refractivity contribution in [2.24, 2.45) is 5.73 Å². The molecule has 0 radical (unpaired) electrons. The van der Waals surface area contributed by atoms with E-state index in [4.69, 9.17) is 5.73 Å². The zero-order chi connectivity index (χ0) is 15.4. The highest BCUT2D eigenvalue weighted by Crippen LogP contribution is 2.36. The quantitative estimate of drug-likeness (QED) is 0.944. The van der Waals surface area contributed by atoms with E-state index >= 15 is 0 Å². The molecule has 1 heterocycles. The van der Waals surface area contributed by atoms with Gasteiger partial charge in [-0.2, -0.15) is 11.8 Å². The number of primary amides is 1. The maximum Gasteiger partial charge on any atom is 0.239 e. The molecule has 2 unspecified atom stereocenters. The number of nitrogens with two attached hydrogens (primary N) is 1. The van der Waals surface area contributed by atoms with E-state index in [0.29, 0.717) is 5.25 Å². The van der Waals surface area contributed by atoms with Crippen molar-refractivity contribution < 1.29 is 4.79 Å². The zero-order valence-electron chi connectivity index (χ0n) is 12.4. The third-order valence-corrected chi connectivity index (χ3v) is 5.26. The van der Waals surface area contributed by atoms with Crippen molar-refractivity contribution in [2.75, 3.05) is 18.8 Å². The van der Waals surface area contributed by atoms with Crippen molar-refractivity contribution in [3.63, 3.8) is 0 Å². The predicted molar refractivity (Wildman–Crippen MR) is 91.6 cm³/mol. The Morgan fingerprint density at radius 2 is 1.73 bits per heavy atom. The molecule has 2 N–H and O–H groups in total. The lowest BCUT2D eigenvalue weighted by molar-refractivity contribution is -0.123.